The van der Waals surface area contributed by atoms with Crippen LogP contribution in [0.25, 0.3) is 0 Å². The van der Waals surface area contributed by atoms with Crippen molar-refractivity contribution in [3.05, 3.63) is 25.3 Å². The van der Waals surface area contributed by atoms with E-state index in [1.54, 1.807) is 0 Å². The van der Waals surface area contributed by atoms with Gasteiger partial charge in [0.2, 0.25) is 0 Å². The van der Waals surface area contributed by atoms with Crippen LogP contribution >= 0.6 is 0 Å². The van der Waals surface area contributed by atoms with E-state index in [1.807, 2.05) is 6.92 Å². The van der Waals surface area contributed by atoms with Crippen LogP contribution in [0.15, 0.2) is 25.3 Å². The van der Waals surface area contributed by atoms with Gasteiger partial charge in [-0.25, -0.2) is 4.79 Å². The predicted molar refractivity (Wildman–Crippen MR) is 46.8 cm³/mol. The van der Waals surface area contributed by atoms with Crippen molar-refractivity contribution < 1.29 is 14.3 Å². The molecule has 0 aromatic heterocycles. The van der Waals surface area contributed by atoms with Crippen molar-refractivity contribution in [2.45, 2.75) is 13.0 Å². The minimum atomic E-state index is -0.459. The number of rotatable bonds is 6. The average molecular weight is 170 g/mol. The lowest BCUT2D eigenvalue weighted by Crippen LogP contribution is -2.20. The maximum absolute atomic E-state index is 10.7. The molecule has 0 bridgehead atoms. The monoisotopic (exact) mass is 170 g/mol. The molecule has 0 radical (unpaired) electrons. The maximum atomic E-state index is 10.7. The van der Waals surface area contributed by atoms with Crippen molar-refractivity contribution in [2.75, 3.05) is 13.2 Å². The second-order valence-electron chi connectivity index (χ2n) is 2.07. The second-order valence-corrected chi connectivity index (χ2v) is 2.07. The topological polar surface area (TPSA) is 35.5 Å². The molecule has 0 aliphatic rings. The van der Waals surface area contributed by atoms with Crippen molar-refractivity contribution in [3.63, 3.8) is 0 Å². The van der Waals surface area contributed by atoms with Gasteiger partial charge in [-0.2, -0.15) is 0 Å². The van der Waals surface area contributed by atoms with Gasteiger partial charge in [-0.05, 0) is 13.0 Å². The molecule has 1 atom stereocenters. The van der Waals surface area contributed by atoms with E-state index < -0.39 is 5.97 Å². The minimum Gasteiger partial charge on any atom is -0.453 e. The largest absolute Gasteiger partial charge is 0.453 e. The van der Waals surface area contributed by atoms with Crippen LogP contribution in [-0.4, -0.2) is 25.3 Å². The predicted octanol–water partition coefficient (Wildman–Crippen LogP) is 1.31. The molecule has 0 spiro atoms. The third-order valence-electron chi connectivity index (χ3n) is 1.18. The van der Waals surface area contributed by atoms with Gasteiger partial charge in [-0.3, -0.25) is 0 Å². The highest BCUT2D eigenvalue weighted by atomic mass is 16.6. The summed E-state index contributed by atoms with van der Waals surface area (Å²) in [6, 6.07) is 0. The Morgan fingerprint density at radius 3 is 2.67 bits per heavy atom. The lowest BCUT2D eigenvalue weighted by Gasteiger charge is -2.11. The summed E-state index contributed by atoms with van der Waals surface area (Å²) in [5.41, 5.74) is 0. The molecule has 0 aliphatic heterocycles. The van der Waals surface area contributed by atoms with E-state index in [2.05, 4.69) is 13.2 Å². The molecule has 0 heterocycles. The van der Waals surface area contributed by atoms with Gasteiger partial charge >= 0.3 is 5.97 Å². The summed E-state index contributed by atoms with van der Waals surface area (Å²) in [6.45, 7) is 9.60. The molecular formula is C9H14O3. The smallest absolute Gasteiger partial charge is 0.330 e. The van der Waals surface area contributed by atoms with Gasteiger partial charge in [0.25, 0.3) is 0 Å². The summed E-state index contributed by atoms with van der Waals surface area (Å²) >= 11 is 0. The molecule has 0 aromatic carbocycles. The summed E-state index contributed by atoms with van der Waals surface area (Å²) < 4.78 is 9.90. The van der Waals surface area contributed by atoms with Crippen LogP contribution in [0.5, 0.6) is 0 Å². The third-order valence-corrected chi connectivity index (χ3v) is 1.18. The van der Waals surface area contributed by atoms with E-state index in [-0.39, 0.29) is 6.10 Å². The van der Waals surface area contributed by atoms with E-state index in [4.69, 9.17) is 9.47 Å². The first-order valence-electron chi connectivity index (χ1n) is 3.78. The molecule has 0 N–H and O–H groups in total. The fourth-order valence-corrected chi connectivity index (χ4v) is 0.581. The Bertz CT molecular complexity index is 163. The van der Waals surface area contributed by atoms with E-state index >= 15 is 0 Å². The first-order valence-corrected chi connectivity index (χ1v) is 3.78. The Labute approximate surface area is 72.7 Å². The molecular weight excluding hydrogens is 156 g/mol. The molecule has 0 rings (SSSR count). The number of carbonyl (C=O) groups excluding carboxylic acids is 1. The molecule has 1 unspecified atom stereocenters. The van der Waals surface area contributed by atoms with Crippen LogP contribution in [0.2, 0.25) is 0 Å². The molecule has 0 saturated heterocycles. The normalized spacial score (nSPS) is 11.8. The van der Waals surface area contributed by atoms with Gasteiger partial charge < -0.3 is 9.47 Å². The fraction of sp³-hybridized carbons (Fsp3) is 0.444. The van der Waals surface area contributed by atoms with Crippen LogP contribution in [0.1, 0.15) is 6.92 Å². The average Bonchev–Trinajstić information content (AvgIpc) is 2.11. The van der Waals surface area contributed by atoms with E-state index in [0.717, 1.165) is 6.08 Å². The molecule has 0 aliphatic carbocycles. The van der Waals surface area contributed by atoms with E-state index in [1.165, 1.54) is 6.08 Å². The van der Waals surface area contributed by atoms with Gasteiger partial charge in [0.15, 0.2) is 0 Å². The van der Waals surface area contributed by atoms with Crippen LogP contribution in [0.3, 0.4) is 0 Å². The first-order chi connectivity index (χ1) is 5.74. The van der Waals surface area contributed by atoms with E-state index in [9.17, 15) is 4.79 Å². The van der Waals surface area contributed by atoms with Crippen molar-refractivity contribution >= 4 is 5.97 Å². The molecule has 12 heavy (non-hydrogen) atoms. The van der Waals surface area contributed by atoms with Crippen LogP contribution in [-0.2, 0) is 14.3 Å². The van der Waals surface area contributed by atoms with E-state index in [0.29, 0.717) is 13.2 Å². The number of hydrogen-bond donors (Lipinski definition) is 0. The van der Waals surface area contributed by atoms with Crippen molar-refractivity contribution in [1.82, 2.24) is 0 Å². The maximum Gasteiger partial charge on any atom is 0.330 e. The summed E-state index contributed by atoms with van der Waals surface area (Å²) in [7, 11) is 0. The van der Waals surface area contributed by atoms with Crippen LogP contribution < -0.4 is 0 Å². The van der Waals surface area contributed by atoms with Crippen LogP contribution in [0, 0.1) is 0 Å². The third kappa shape index (κ3) is 4.68. The Balaban J connectivity index is 3.73. The highest BCUT2D eigenvalue weighted by molar-refractivity contribution is 5.81. The minimum absolute atomic E-state index is 0.347. The van der Waals surface area contributed by atoms with Gasteiger partial charge in [-0.1, -0.05) is 13.2 Å². The Morgan fingerprint density at radius 1 is 1.58 bits per heavy atom. The Kier molecular flexibility index (Phi) is 6.01. The Hall–Kier alpha value is -1.09. The zero-order chi connectivity index (χ0) is 9.40. The SMILES string of the molecule is C=CC(=O)OC(C=C)COCC. The Morgan fingerprint density at radius 2 is 2.25 bits per heavy atom. The molecule has 0 saturated carbocycles. The molecule has 68 valence electrons. The fourth-order valence-electron chi connectivity index (χ4n) is 0.581. The molecule has 3 nitrogen and oxygen atoms in total. The number of ether oxygens (including phenoxy) is 2. The first kappa shape index (κ1) is 10.9. The zero-order valence-corrected chi connectivity index (χ0v) is 7.29. The highest BCUT2D eigenvalue weighted by Crippen LogP contribution is 1.95. The van der Waals surface area contributed by atoms with Crippen molar-refractivity contribution in [3.8, 4) is 0 Å². The summed E-state index contributed by atoms with van der Waals surface area (Å²) in [6.07, 6.45) is 2.26. The zero-order valence-electron chi connectivity index (χ0n) is 7.29. The molecule has 0 amide bonds. The number of esters is 1. The number of carbonyl (C=O) groups is 1. The van der Waals surface area contributed by atoms with Gasteiger partial charge in [0.05, 0.1) is 6.61 Å². The second kappa shape index (κ2) is 6.61. The number of hydrogen-bond acceptors (Lipinski definition) is 3. The molecule has 0 aromatic rings. The summed E-state index contributed by atoms with van der Waals surface area (Å²) in [5.74, 6) is -0.459. The summed E-state index contributed by atoms with van der Waals surface area (Å²) in [5, 5.41) is 0. The van der Waals surface area contributed by atoms with Gasteiger partial charge in [0, 0.05) is 12.7 Å². The van der Waals surface area contributed by atoms with Crippen molar-refractivity contribution in [2.24, 2.45) is 0 Å². The lowest BCUT2D eigenvalue weighted by atomic mass is 10.4. The van der Waals surface area contributed by atoms with Crippen LogP contribution in [0.4, 0.5) is 0 Å². The van der Waals surface area contributed by atoms with Crippen molar-refractivity contribution in [1.29, 1.82) is 0 Å². The lowest BCUT2D eigenvalue weighted by molar-refractivity contribution is -0.143. The molecule has 0 fully saturated rings. The van der Waals surface area contributed by atoms with Gasteiger partial charge in [-0.15, -0.1) is 0 Å². The standard InChI is InChI=1S/C9H14O3/c1-4-8(7-11-6-3)12-9(10)5-2/h4-5,8H,1-2,6-7H2,3H3. The molecule has 3 heteroatoms. The highest BCUT2D eigenvalue weighted by Gasteiger charge is 2.07. The summed E-state index contributed by atoms with van der Waals surface area (Å²) in [4.78, 5) is 10.7. The quantitative estimate of drug-likeness (QED) is 0.342. The van der Waals surface area contributed by atoms with Gasteiger partial charge in [0.1, 0.15) is 6.10 Å².